The van der Waals surface area contributed by atoms with E-state index in [0.717, 1.165) is 25.6 Å². The molecule has 1 heterocycles. The van der Waals surface area contributed by atoms with Crippen LogP contribution in [0.4, 0.5) is 10.2 Å². The number of carbonyl (C=O) groups excluding carboxylic acids is 1. The minimum Gasteiger partial charge on any atom is -0.370 e. The van der Waals surface area contributed by atoms with Gasteiger partial charge in [-0.05, 0) is 46.5 Å². The van der Waals surface area contributed by atoms with Gasteiger partial charge in [0.1, 0.15) is 11.6 Å². The van der Waals surface area contributed by atoms with E-state index in [4.69, 9.17) is 0 Å². The molecule has 0 aromatic carbocycles. The third kappa shape index (κ3) is 5.52. The highest BCUT2D eigenvalue weighted by atomic mass is 19.1. The molecule has 6 heteroatoms. The zero-order chi connectivity index (χ0) is 15.0. The van der Waals surface area contributed by atoms with Crippen LogP contribution in [-0.2, 0) is 0 Å². The molecule has 5 nitrogen and oxygen atoms in total. The van der Waals surface area contributed by atoms with Gasteiger partial charge in [0.05, 0.1) is 11.8 Å². The Hall–Kier alpha value is -1.69. The quantitative estimate of drug-likeness (QED) is 0.713. The van der Waals surface area contributed by atoms with Gasteiger partial charge < -0.3 is 15.5 Å². The van der Waals surface area contributed by atoms with Crippen LogP contribution in [0.2, 0.25) is 0 Å². The average molecular weight is 282 g/mol. The number of unbranched alkanes of at least 4 members (excludes halogenated alkanes) is 1. The molecule has 0 radical (unpaired) electrons. The fourth-order valence-electron chi connectivity index (χ4n) is 1.77. The van der Waals surface area contributed by atoms with Crippen molar-refractivity contribution < 1.29 is 9.18 Å². The first-order valence-electron chi connectivity index (χ1n) is 6.87. The summed E-state index contributed by atoms with van der Waals surface area (Å²) in [7, 11) is 4.03. The van der Waals surface area contributed by atoms with Gasteiger partial charge in [-0.2, -0.15) is 0 Å². The number of rotatable bonds is 8. The molecule has 20 heavy (non-hydrogen) atoms. The van der Waals surface area contributed by atoms with Crippen LogP contribution in [0, 0.1) is 5.82 Å². The lowest BCUT2D eigenvalue weighted by atomic mass is 10.2. The minimum atomic E-state index is -0.510. The number of pyridine rings is 1. The molecule has 1 aromatic rings. The molecule has 0 spiro atoms. The Kier molecular flexibility index (Phi) is 6.93. The third-order valence-corrected chi connectivity index (χ3v) is 2.76. The molecule has 0 fully saturated rings. The van der Waals surface area contributed by atoms with Crippen LogP contribution in [0.15, 0.2) is 12.3 Å². The summed E-state index contributed by atoms with van der Waals surface area (Å²) in [6, 6.07) is 1.21. The molecule has 0 aliphatic rings. The number of anilines is 1. The Morgan fingerprint density at radius 2 is 2.15 bits per heavy atom. The lowest BCUT2D eigenvalue weighted by Gasteiger charge is -2.11. The highest BCUT2D eigenvalue weighted by Crippen LogP contribution is 2.13. The number of carbonyl (C=O) groups is 1. The smallest absolute Gasteiger partial charge is 0.255 e. The lowest BCUT2D eigenvalue weighted by Crippen LogP contribution is -2.26. The van der Waals surface area contributed by atoms with E-state index in [0.29, 0.717) is 18.9 Å². The summed E-state index contributed by atoms with van der Waals surface area (Å²) in [6.07, 6.45) is 3.00. The number of hydrogen-bond acceptors (Lipinski definition) is 4. The van der Waals surface area contributed by atoms with Gasteiger partial charge >= 0.3 is 0 Å². The molecular formula is C14H23FN4O. The lowest BCUT2D eigenvalue weighted by molar-refractivity contribution is 0.0953. The van der Waals surface area contributed by atoms with Gasteiger partial charge in [-0.1, -0.05) is 0 Å². The monoisotopic (exact) mass is 282 g/mol. The number of hydrogen-bond donors (Lipinski definition) is 2. The van der Waals surface area contributed by atoms with Crippen molar-refractivity contribution in [2.24, 2.45) is 0 Å². The molecule has 0 bridgehead atoms. The van der Waals surface area contributed by atoms with Gasteiger partial charge in [0.2, 0.25) is 0 Å². The molecule has 1 aromatic heterocycles. The molecular weight excluding hydrogens is 259 g/mol. The van der Waals surface area contributed by atoms with Crippen LogP contribution in [0.25, 0.3) is 0 Å². The number of aromatic nitrogens is 1. The maximum atomic E-state index is 13.2. The SMILES string of the molecule is CCNc1ncc(F)cc1C(=O)NCCCCN(C)C. The van der Waals surface area contributed by atoms with E-state index in [9.17, 15) is 9.18 Å². The molecule has 1 rings (SSSR count). The second-order valence-corrected chi connectivity index (χ2v) is 4.85. The highest BCUT2D eigenvalue weighted by molar-refractivity contribution is 5.98. The van der Waals surface area contributed by atoms with Crippen molar-refractivity contribution in [3.8, 4) is 0 Å². The molecule has 0 atom stereocenters. The molecule has 0 unspecified atom stereocenters. The predicted molar refractivity (Wildman–Crippen MR) is 78.5 cm³/mol. The van der Waals surface area contributed by atoms with Gasteiger partial charge in [0, 0.05) is 13.1 Å². The standard InChI is InChI=1S/C14H23FN4O/c1-4-16-13-12(9-11(15)10-18-13)14(20)17-7-5-6-8-19(2)3/h9-10H,4-8H2,1-3H3,(H,16,18)(H,17,20). The van der Waals surface area contributed by atoms with Crippen molar-refractivity contribution in [1.29, 1.82) is 0 Å². The van der Waals surface area contributed by atoms with Crippen molar-refractivity contribution >= 4 is 11.7 Å². The normalized spacial score (nSPS) is 10.7. The zero-order valence-corrected chi connectivity index (χ0v) is 12.4. The first-order chi connectivity index (χ1) is 9.54. The Bertz CT molecular complexity index is 437. The Balaban J connectivity index is 2.52. The van der Waals surface area contributed by atoms with Gasteiger partial charge in [0.15, 0.2) is 0 Å². The maximum absolute atomic E-state index is 13.2. The third-order valence-electron chi connectivity index (χ3n) is 2.76. The van der Waals surface area contributed by atoms with Crippen LogP contribution in [-0.4, -0.2) is 49.5 Å². The highest BCUT2D eigenvalue weighted by Gasteiger charge is 2.13. The van der Waals surface area contributed by atoms with E-state index in [1.54, 1.807) is 0 Å². The van der Waals surface area contributed by atoms with Crippen LogP contribution in [0.5, 0.6) is 0 Å². The summed E-state index contributed by atoms with van der Waals surface area (Å²) < 4.78 is 13.2. The second kappa shape index (κ2) is 8.47. The summed E-state index contributed by atoms with van der Waals surface area (Å²) in [5.41, 5.74) is 0.249. The van der Waals surface area contributed by atoms with E-state index in [1.807, 2.05) is 21.0 Å². The van der Waals surface area contributed by atoms with Crippen LogP contribution in [0.3, 0.4) is 0 Å². The molecule has 0 saturated carbocycles. The topological polar surface area (TPSA) is 57.3 Å². The van der Waals surface area contributed by atoms with Crippen molar-refractivity contribution in [2.45, 2.75) is 19.8 Å². The first kappa shape index (κ1) is 16.4. The van der Waals surface area contributed by atoms with Crippen LogP contribution in [0.1, 0.15) is 30.1 Å². The molecule has 0 aliphatic heterocycles. The fourth-order valence-corrected chi connectivity index (χ4v) is 1.77. The first-order valence-corrected chi connectivity index (χ1v) is 6.87. The fraction of sp³-hybridized carbons (Fsp3) is 0.571. The van der Waals surface area contributed by atoms with Gasteiger partial charge in [-0.3, -0.25) is 4.79 Å². The summed E-state index contributed by atoms with van der Waals surface area (Å²) in [4.78, 5) is 18.0. The average Bonchev–Trinajstić information content (AvgIpc) is 2.40. The number of nitrogens with zero attached hydrogens (tertiary/aromatic N) is 2. The molecule has 0 saturated heterocycles. The summed E-state index contributed by atoms with van der Waals surface area (Å²) in [5.74, 6) is -0.387. The molecule has 0 aliphatic carbocycles. The van der Waals surface area contributed by atoms with Gasteiger partial charge in [0.25, 0.3) is 5.91 Å². The molecule has 112 valence electrons. The minimum absolute atomic E-state index is 0.249. The number of halogens is 1. The van der Waals surface area contributed by atoms with Gasteiger partial charge in [-0.15, -0.1) is 0 Å². The van der Waals surface area contributed by atoms with Gasteiger partial charge in [-0.25, -0.2) is 9.37 Å². The number of nitrogens with one attached hydrogen (secondary N) is 2. The van der Waals surface area contributed by atoms with E-state index in [2.05, 4.69) is 20.5 Å². The predicted octanol–water partition coefficient (Wildman–Crippen LogP) is 1.72. The van der Waals surface area contributed by atoms with E-state index >= 15 is 0 Å². The largest absolute Gasteiger partial charge is 0.370 e. The van der Waals surface area contributed by atoms with Crippen LogP contribution >= 0.6 is 0 Å². The summed E-state index contributed by atoms with van der Waals surface area (Å²) in [6.45, 7) is 4.09. The van der Waals surface area contributed by atoms with E-state index in [-0.39, 0.29) is 11.5 Å². The van der Waals surface area contributed by atoms with Crippen molar-refractivity contribution in [3.05, 3.63) is 23.6 Å². The number of amides is 1. The second-order valence-electron chi connectivity index (χ2n) is 4.85. The zero-order valence-electron chi connectivity index (χ0n) is 12.4. The van der Waals surface area contributed by atoms with Crippen LogP contribution < -0.4 is 10.6 Å². The Labute approximate surface area is 119 Å². The molecule has 2 N–H and O–H groups in total. The van der Waals surface area contributed by atoms with Crippen molar-refractivity contribution in [1.82, 2.24) is 15.2 Å². The van der Waals surface area contributed by atoms with E-state index < -0.39 is 5.82 Å². The van der Waals surface area contributed by atoms with Crippen molar-refractivity contribution in [3.63, 3.8) is 0 Å². The van der Waals surface area contributed by atoms with Crippen molar-refractivity contribution in [2.75, 3.05) is 39.0 Å². The van der Waals surface area contributed by atoms with E-state index in [1.165, 1.54) is 6.07 Å². The summed E-state index contributed by atoms with van der Waals surface area (Å²) in [5, 5.41) is 5.75. The Morgan fingerprint density at radius 1 is 1.40 bits per heavy atom. The summed E-state index contributed by atoms with van der Waals surface area (Å²) >= 11 is 0. The Morgan fingerprint density at radius 3 is 2.80 bits per heavy atom. The molecule has 1 amide bonds. The maximum Gasteiger partial charge on any atom is 0.255 e.